The Labute approximate surface area is 139 Å². The van der Waals surface area contributed by atoms with E-state index in [4.69, 9.17) is 0 Å². The van der Waals surface area contributed by atoms with Crippen molar-refractivity contribution in [3.8, 4) is 0 Å². The summed E-state index contributed by atoms with van der Waals surface area (Å²) in [6, 6.07) is 17.4. The van der Waals surface area contributed by atoms with Gasteiger partial charge in [-0.05, 0) is 43.0 Å². The van der Waals surface area contributed by atoms with Gasteiger partial charge in [-0.1, -0.05) is 73.5 Å². The SMILES string of the molecule is CC=C(CCC)Nc1ccccc1C1C(C)=Cc2ccccc21. The van der Waals surface area contributed by atoms with Gasteiger partial charge in [0.25, 0.3) is 0 Å². The van der Waals surface area contributed by atoms with E-state index in [1.165, 1.54) is 33.6 Å². The molecule has 0 heterocycles. The van der Waals surface area contributed by atoms with Gasteiger partial charge in [0.1, 0.15) is 0 Å². The third kappa shape index (κ3) is 3.10. The summed E-state index contributed by atoms with van der Waals surface area (Å²) in [5.74, 6) is 0.356. The van der Waals surface area contributed by atoms with E-state index in [1.54, 1.807) is 0 Å². The van der Waals surface area contributed by atoms with E-state index in [-0.39, 0.29) is 0 Å². The zero-order valence-electron chi connectivity index (χ0n) is 14.3. The third-order valence-corrected chi connectivity index (χ3v) is 4.58. The number of nitrogens with one attached hydrogen (secondary N) is 1. The van der Waals surface area contributed by atoms with Crippen molar-refractivity contribution in [2.24, 2.45) is 0 Å². The molecule has 0 bridgehead atoms. The molecule has 0 fully saturated rings. The second-order valence-corrected chi connectivity index (χ2v) is 6.23. The Morgan fingerprint density at radius 1 is 1.04 bits per heavy atom. The molecular weight excluding hydrogens is 278 g/mol. The molecule has 1 aliphatic rings. The molecule has 2 aromatic carbocycles. The van der Waals surface area contributed by atoms with Crippen LogP contribution in [-0.4, -0.2) is 0 Å². The van der Waals surface area contributed by atoms with Gasteiger partial charge in [-0.3, -0.25) is 0 Å². The maximum Gasteiger partial charge on any atom is 0.0423 e. The number of rotatable bonds is 5. The molecule has 2 aromatic rings. The first-order chi connectivity index (χ1) is 11.2. The Morgan fingerprint density at radius 2 is 1.74 bits per heavy atom. The van der Waals surface area contributed by atoms with E-state index in [0.717, 1.165) is 12.8 Å². The van der Waals surface area contributed by atoms with Gasteiger partial charge >= 0.3 is 0 Å². The first-order valence-corrected chi connectivity index (χ1v) is 8.52. The van der Waals surface area contributed by atoms with E-state index >= 15 is 0 Å². The molecule has 0 radical (unpaired) electrons. The highest BCUT2D eigenvalue weighted by Crippen LogP contribution is 2.43. The van der Waals surface area contributed by atoms with Crippen LogP contribution in [0.1, 0.15) is 56.2 Å². The number of hydrogen-bond donors (Lipinski definition) is 1. The maximum absolute atomic E-state index is 3.66. The van der Waals surface area contributed by atoms with E-state index in [2.05, 4.69) is 86.8 Å². The molecule has 1 heteroatoms. The largest absolute Gasteiger partial charge is 0.359 e. The summed E-state index contributed by atoms with van der Waals surface area (Å²) < 4.78 is 0. The molecule has 0 amide bonds. The van der Waals surface area contributed by atoms with E-state index < -0.39 is 0 Å². The highest BCUT2D eigenvalue weighted by atomic mass is 14.9. The minimum Gasteiger partial charge on any atom is -0.359 e. The molecule has 3 rings (SSSR count). The Balaban J connectivity index is 2.00. The Morgan fingerprint density at radius 3 is 2.48 bits per heavy atom. The molecule has 1 nitrogen and oxygen atoms in total. The molecule has 118 valence electrons. The summed E-state index contributed by atoms with van der Waals surface area (Å²) in [4.78, 5) is 0. The molecule has 0 aliphatic heterocycles. The predicted octanol–water partition coefficient (Wildman–Crippen LogP) is 6.35. The number of allylic oxidation sites excluding steroid dienone is 3. The van der Waals surface area contributed by atoms with Crippen molar-refractivity contribution in [1.29, 1.82) is 0 Å². The fraction of sp³-hybridized carbons (Fsp3) is 0.273. The van der Waals surface area contributed by atoms with Crippen LogP contribution in [0.15, 0.2) is 65.9 Å². The summed E-state index contributed by atoms with van der Waals surface area (Å²) in [5.41, 5.74) is 8.07. The minimum absolute atomic E-state index is 0.356. The Kier molecular flexibility index (Phi) is 4.66. The number of fused-ring (bicyclic) bond motifs is 1. The summed E-state index contributed by atoms with van der Waals surface area (Å²) in [6.45, 7) is 6.57. The molecule has 0 saturated heterocycles. The van der Waals surface area contributed by atoms with Crippen LogP contribution < -0.4 is 5.32 Å². The molecule has 23 heavy (non-hydrogen) atoms. The summed E-state index contributed by atoms with van der Waals surface area (Å²) in [5, 5.41) is 3.66. The first-order valence-electron chi connectivity index (χ1n) is 8.52. The van der Waals surface area contributed by atoms with E-state index in [9.17, 15) is 0 Å². The van der Waals surface area contributed by atoms with Crippen LogP contribution in [0, 0.1) is 0 Å². The normalized spacial score (nSPS) is 16.9. The Bertz CT molecular complexity index is 752. The van der Waals surface area contributed by atoms with Gasteiger partial charge in [-0.2, -0.15) is 0 Å². The molecule has 0 spiro atoms. The van der Waals surface area contributed by atoms with Gasteiger partial charge in [0.2, 0.25) is 0 Å². The van der Waals surface area contributed by atoms with Gasteiger partial charge in [0.15, 0.2) is 0 Å². The summed E-state index contributed by atoms with van der Waals surface area (Å²) >= 11 is 0. The number of para-hydroxylation sites is 1. The van der Waals surface area contributed by atoms with Crippen LogP contribution in [0.5, 0.6) is 0 Å². The molecule has 0 aromatic heterocycles. The fourth-order valence-electron chi connectivity index (χ4n) is 3.48. The zero-order chi connectivity index (χ0) is 16.2. The van der Waals surface area contributed by atoms with Crippen LogP contribution in [0.2, 0.25) is 0 Å². The number of benzene rings is 2. The summed E-state index contributed by atoms with van der Waals surface area (Å²) in [7, 11) is 0. The quantitative estimate of drug-likeness (QED) is 0.678. The third-order valence-electron chi connectivity index (χ3n) is 4.58. The second-order valence-electron chi connectivity index (χ2n) is 6.23. The molecule has 0 saturated carbocycles. The van der Waals surface area contributed by atoms with E-state index in [0.29, 0.717) is 5.92 Å². The molecule has 1 atom stereocenters. The van der Waals surface area contributed by atoms with Gasteiger partial charge in [-0.15, -0.1) is 0 Å². The molecule has 1 aliphatic carbocycles. The smallest absolute Gasteiger partial charge is 0.0423 e. The highest BCUT2D eigenvalue weighted by molar-refractivity contribution is 5.72. The lowest BCUT2D eigenvalue weighted by Crippen LogP contribution is -2.07. The fourth-order valence-corrected chi connectivity index (χ4v) is 3.48. The predicted molar refractivity (Wildman–Crippen MR) is 101 cm³/mol. The minimum atomic E-state index is 0.356. The van der Waals surface area contributed by atoms with Crippen LogP contribution in [-0.2, 0) is 0 Å². The van der Waals surface area contributed by atoms with Crippen molar-refractivity contribution in [1.82, 2.24) is 0 Å². The van der Waals surface area contributed by atoms with Crippen molar-refractivity contribution < 1.29 is 0 Å². The van der Waals surface area contributed by atoms with Crippen molar-refractivity contribution >= 4 is 11.8 Å². The van der Waals surface area contributed by atoms with Crippen LogP contribution in [0.25, 0.3) is 6.08 Å². The summed E-state index contributed by atoms with van der Waals surface area (Å²) in [6.07, 6.45) is 6.74. The van der Waals surface area contributed by atoms with Gasteiger partial charge < -0.3 is 5.32 Å². The average molecular weight is 303 g/mol. The zero-order valence-corrected chi connectivity index (χ0v) is 14.3. The molecule has 1 N–H and O–H groups in total. The molecule has 1 unspecified atom stereocenters. The number of hydrogen-bond acceptors (Lipinski definition) is 1. The monoisotopic (exact) mass is 303 g/mol. The number of anilines is 1. The highest BCUT2D eigenvalue weighted by Gasteiger charge is 2.25. The second kappa shape index (κ2) is 6.87. The van der Waals surface area contributed by atoms with Gasteiger partial charge in [-0.25, -0.2) is 0 Å². The van der Waals surface area contributed by atoms with Crippen LogP contribution >= 0.6 is 0 Å². The van der Waals surface area contributed by atoms with Crippen molar-refractivity contribution in [2.75, 3.05) is 5.32 Å². The Hall–Kier alpha value is -2.28. The average Bonchev–Trinajstić information content (AvgIpc) is 2.90. The molecular formula is C22H25N. The van der Waals surface area contributed by atoms with Crippen LogP contribution in [0.3, 0.4) is 0 Å². The van der Waals surface area contributed by atoms with Gasteiger partial charge in [0.05, 0.1) is 0 Å². The van der Waals surface area contributed by atoms with E-state index in [1.807, 2.05) is 0 Å². The van der Waals surface area contributed by atoms with Crippen molar-refractivity contribution in [2.45, 2.75) is 39.5 Å². The lowest BCUT2D eigenvalue weighted by atomic mass is 9.88. The lowest BCUT2D eigenvalue weighted by Gasteiger charge is -2.21. The maximum atomic E-state index is 3.66. The van der Waals surface area contributed by atoms with Crippen molar-refractivity contribution in [3.63, 3.8) is 0 Å². The van der Waals surface area contributed by atoms with Gasteiger partial charge in [0, 0.05) is 17.3 Å². The van der Waals surface area contributed by atoms with Crippen LogP contribution in [0.4, 0.5) is 5.69 Å². The lowest BCUT2D eigenvalue weighted by molar-refractivity contribution is 0.903. The standard InChI is InChI=1S/C22H25N/c1-4-10-18(5-2)23-21-14-9-8-13-20(21)22-16(3)15-17-11-6-7-12-19(17)22/h5-9,11-15,22-23H,4,10H2,1-3H3. The van der Waals surface area contributed by atoms with Crippen molar-refractivity contribution in [3.05, 3.63) is 82.6 Å². The first kappa shape index (κ1) is 15.6. The topological polar surface area (TPSA) is 12.0 Å².